The van der Waals surface area contributed by atoms with Gasteiger partial charge in [0.05, 0.1) is 5.56 Å². The highest BCUT2D eigenvalue weighted by atomic mass is 16.3. The van der Waals surface area contributed by atoms with Crippen molar-refractivity contribution in [3.63, 3.8) is 0 Å². The Morgan fingerprint density at radius 1 is 1.55 bits per heavy atom. The number of phenols is 1. The van der Waals surface area contributed by atoms with Crippen LogP contribution in [0.1, 0.15) is 17.3 Å². The number of ketones is 1. The molecule has 58 valence electrons. The molecule has 0 saturated carbocycles. The Kier molecular flexibility index (Phi) is 1.81. The molecule has 0 bridgehead atoms. The number of rotatable bonds is 1. The number of carbonyl (C=O) groups is 1. The van der Waals surface area contributed by atoms with E-state index in [9.17, 15) is 4.79 Å². The summed E-state index contributed by atoms with van der Waals surface area (Å²) in [5.74, 6) is -0.280. The number of anilines is 1. The van der Waals surface area contributed by atoms with Crippen LogP contribution in [0.5, 0.6) is 5.75 Å². The molecule has 0 spiro atoms. The van der Waals surface area contributed by atoms with Crippen LogP contribution >= 0.6 is 0 Å². The molecule has 0 aliphatic rings. The molecule has 3 heteroatoms. The van der Waals surface area contributed by atoms with Gasteiger partial charge in [-0.25, -0.2) is 0 Å². The maximum absolute atomic E-state index is 10.8. The van der Waals surface area contributed by atoms with Crippen molar-refractivity contribution < 1.29 is 9.90 Å². The minimum absolute atomic E-state index is 0.0579. The molecule has 0 radical (unpaired) electrons. The van der Waals surface area contributed by atoms with E-state index >= 15 is 0 Å². The Hall–Kier alpha value is -1.51. The summed E-state index contributed by atoms with van der Waals surface area (Å²) in [6.07, 6.45) is 0. The van der Waals surface area contributed by atoms with Crippen molar-refractivity contribution in [1.82, 2.24) is 0 Å². The Labute approximate surface area is 64.5 Å². The summed E-state index contributed by atoms with van der Waals surface area (Å²) in [5, 5.41) is 9.16. The number of carbonyl (C=O) groups excluding carboxylic acids is 1. The summed E-state index contributed by atoms with van der Waals surface area (Å²) in [7, 11) is 0. The summed E-state index contributed by atoms with van der Waals surface area (Å²) in [4.78, 5) is 10.8. The zero-order valence-electron chi connectivity index (χ0n) is 6.16. The first-order valence-corrected chi connectivity index (χ1v) is 3.21. The molecule has 11 heavy (non-hydrogen) atoms. The van der Waals surface area contributed by atoms with E-state index < -0.39 is 0 Å². The third kappa shape index (κ3) is 1.32. The molecule has 3 nitrogen and oxygen atoms in total. The second-order valence-electron chi connectivity index (χ2n) is 2.30. The van der Waals surface area contributed by atoms with Crippen molar-refractivity contribution in [2.75, 3.05) is 5.73 Å². The minimum atomic E-state index is -0.222. The first-order chi connectivity index (χ1) is 5.13. The third-order valence-electron chi connectivity index (χ3n) is 1.43. The van der Waals surface area contributed by atoms with Crippen molar-refractivity contribution in [3.05, 3.63) is 23.8 Å². The van der Waals surface area contributed by atoms with Gasteiger partial charge in [-0.3, -0.25) is 4.79 Å². The molecule has 0 atom stereocenters. The normalized spacial score (nSPS) is 9.55. The van der Waals surface area contributed by atoms with Crippen LogP contribution < -0.4 is 5.73 Å². The summed E-state index contributed by atoms with van der Waals surface area (Å²) < 4.78 is 0. The van der Waals surface area contributed by atoms with Gasteiger partial charge in [-0.2, -0.15) is 0 Å². The number of hydrogen-bond acceptors (Lipinski definition) is 3. The number of phenolic OH excluding ortho intramolecular Hbond substituents is 1. The van der Waals surface area contributed by atoms with Gasteiger partial charge in [0.15, 0.2) is 5.78 Å². The summed E-state index contributed by atoms with van der Waals surface area (Å²) in [6, 6.07) is 4.61. The van der Waals surface area contributed by atoms with E-state index in [1.165, 1.54) is 13.0 Å². The van der Waals surface area contributed by atoms with Crippen LogP contribution in [0.4, 0.5) is 5.69 Å². The number of nitrogen functional groups attached to an aromatic ring is 1. The fourth-order valence-electron chi connectivity index (χ4n) is 0.941. The van der Waals surface area contributed by atoms with Crippen molar-refractivity contribution in [3.8, 4) is 5.75 Å². The van der Waals surface area contributed by atoms with Crippen molar-refractivity contribution in [1.29, 1.82) is 0 Å². The lowest BCUT2D eigenvalue weighted by Gasteiger charge is -2.02. The number of nitrogens with two attached hydrogens (primary N) is 1. The van der Waals surface area contributed by atoms with E-state index in [1.54, 1.807) is 12.1 Å². The van der Waals surface area contributed by atoms with Gasteiger partial charge in [0.2, 0.25) is 0 Å². The lowest BCUT2D eigenvalue weighted by atomic mass is 10.1. The van der Waals surface area contributed by atoms with Crippen LogP contribution in [-0.2, 0) is 0 Å². The highest BCUT2D eigenvalue weighted by Gasteiger charge is 2.08. The van der Waals surface area contributed by atoms with Crippen molar-refractivity contribution in [2.24, 2.45) is 0 Å². The highest BCUT2D eigenvalue weighted by Crippen LogP contribution is 2.22. The van der Waals surface area contributed by atoms with Crippen LogP contribution in [0, 0.1) is 0 Å². The summed E-state index contributed by atoms with van der Waals surface area (Å²) in [5.41, 5.74) is 5.96. The monoisotopic (exact) mass is 151 g/mol. The Morgan fingerprint density at radius 2 is 2.18 bits per heavy atom. The first kappa shape index (κ1) is 7.60. The molecule has 1 rings (SSSR count). The van der Waals surface area contributed by atoms with Crippen molar-refractivity contribution >= 4 is 11.5 Å². The molecule has 0 heterocycles. The van der Waals surface area contributed by atoms with E-state index in [1.807, 2.05) is 0 Å². The van der Waals surface area contributed by atoms with Gasteiger partial charge in [-0.1, -0.05) is 6.07 Å². The lowest BCUT2D eigenvalue weighted by molar-refractivity contribution is 0.101. The zero-order valence-corrected chi connectivity index (χ0v) is 6.16. The van der Waals surface area contributed by atoms with Crippen molar-refractivity contribution in [2.45, 2.75) is 6.92 Å². The minimum Gasteiger partial charge on any atom is -0.507 e. The van der Waals surface area contributed by atoms with Gasteiger partial charge in [0.1, 0.15) is 5.75 Å². The van der Waals surface area contributed by atoms with Crippen LogP contribution in [-0.4, -0.2) is 10.9 Å². The zero-order chi connectivity index (χ0) is 8.43. The fraction of sp³-hybridized carbons (Fsp3) is 0.125. The van der Waals surface area contributed by atoms with Gasteiger partial charge in [0, 0.05) is 5.69 Å². The molecule has 3 N–H and O–H groups in total. The SMILES string of the molecule is CC(=O)c1c(N)cccc1O. The van der Waals surface area contributed by atoms with Crippen LogP contribution in [0.25, 0.3) is 0 Å². The fourth-order valence-corrected chi connectivity index (χ4v) is 0.941. The summed E-state index contributed by atoms with van der Waals surface area (Å²) in [6.45, 7) is 1.37. The summed E-state index contributed by atoms with van der Waals surface area (Å²) >= 11 is 0. The number of aromatic hydroxyl groups is 1. The van der Waals surface area contributed by atoms with Gasteiger partial charge in [-0.05, 0) is 19.1 Å². The molecule has 1 aromatic carbocycles. The molecule has 0 aromatic heterocycles. The van der Waals surface area contributed by atoms with Gasteiger partial charge >= 0.3 is 0 Å². The topological polar surface area (TPSA) is 63.3 Å². The average molecular weight is 151 g/mol. The van der Waals surface area contributed by atoms with E-state index in [0.29, 0.717) is 5.69 Å². The van der Waals surface area contributed by atoms with Crippen LogP contribution in [0.3, 0.4) is 0 Å². The molecule has 0 fully saturated rings. The van der Waals surface area contributed by atoms with Crippen LogP contribution in [0.15, 0.2) is 18.2 Å². The molecular formula is C8H9NO2. The molecule has 0 saturated heterocycles. The lowest BCUT2D eigenvalue weighted by Crippen LogP contribution is -1.99. The average Bonchev–Trinajstić information content (AvgIpc) is 1.85. The third-order valence-corrected chi connectivity index (χ3v) is 1.43. The van der Waals surface area contributed by atoms with E-state index in [4.69, 9.17) is 10.8 Å². The second-order valence-corrected chi connectivity index (χ2v) is 2.30. The van der Waals surface area contributed by atoms with E-state index in [2.05, 4.69) is 0 Å². The molecule has 0 aliphatic carbocycles. The second kappa shape index (κ2) is 2.62. The number of Topliss-reactive ketones (excluding diaryl/α,β-unsaturated/α-hetero) is 1. The number of benzene rings is 1. The van der Waals surface area contributed by atoms with Gasteiger partial charge in [-0.15, -0.1) is 0 Å². The predicted molar refractivity (Wildman–Crippen MR) is 42.5 cm³/mol. The first-order valence-electron chi connectivity index (χ1n) is 3.21. The number of hydrogen-bond donors (Lipinski definition) is 2. The Bertz CT molecular complexity index is 274. The molecular weight excluding hydrogens is 142 g/mol. The standard InChI is InChI=1S/C8H9NO2/c1-5(10)8-6(9)3-2-4-7(8)11/h2-4,11H,9H2,1H3. The quantitative estimate of drug-likeness (QED) is 0.468. The Balaban J connectivity index is 3.32. The Morgan fingerprint density at radius 3 is 2.55 bits per heavy atom. The molecule has 0 aliphatic heterocycles. The maximum Gasteiger partial charge on any atom is 0.165 e. The van der Waals surface area contributed by atoms with Crippen LogP contribution in [0.2, 0.25) is 0 Å². The smallest absolute Gasteiger partial charge is 0.165 e. The molecule has 0 unspecified atom stereocenters. The van der Waals surface area contributed by atoms with Gasteiger partial charge in [0.25, 0.3) is 0 Å². The van der Waals surface area contributed by atoms with E-state index in [0.717, 1.165) is 0 Å². The maximum atomic E-state index is 10.8. The molecule has 0 amide bonds. The predicted octanol–water partition coefficient (Wildman–Crippen LogP) is 1.18. The highest BCUT2D eigenvalue weighted by molar-refractivity contribution is 6.01. The molecule has 1 aromatic rings. The van der Waals surface area contributed by atoms with E-state index in [-0.39, 0.29) is 17.1 Å². The van der Waals surface area contributed by atoms with Gasteiger partial charge < -0.3 is 10.8 Å². The largest absolute Gasteiger partial charge is 0.507 e.